The first kappa shape index (κ1) is 27.7. The van der Waals surface area contributed by atoms with E-state index < -0.39 is 5.41 Å². The maximum absolute atomic E-state index is 14.7. The second-order valence-electron chi connectivity index (χ2n) is 13.5. The van der Waals surface area contributed by atoms with Gasteiger partial charge in [0.2, 0.25) is 5.91 Å². The normalized spacial score (nSPS) is 25.1. The summed E-state index contributed by atoms with van der Waals surface area (Å²) in [6, 6.07) is 15.5. The number of rotatable bonds is 5. The summed E-state index contributed by atoms with van der Waals surface area (Å²) >= 11 is 6.09. The van der Waals surface area contributed by atoms with E-state index in [1.54, 1.807) is 12.1 Å². The van der Waals surface area contributed by atoms with Crippen molar-refractivity contribution >= 4 is 28.5 Å². The van der Waals surface area contributed by atoms with Gasteiger partial charge in [-0.3, -0.25) is 9.69 Å². The molecule has 3 atom stereocenters. The number of fused-ring (bicyclic) bond motifs is 3. The number of benzene rings is 2. The Bertz CT molecular complexity index is 1390. The third kappa shape index (κ3) is 4.96. The molecule has 7 heteroatoms. The Hall–Kier alpha value is -2.44. The van der Waals surface area contributed by atoms with Gasteiger partial charge < -0.3 is 9.47 Å². The molecular weight excluding hydrogens is 523 g/mol. The van der Waals surface area contributed by atoms with Gasteiger partial charge in [0.05, 0.1) is 16.1 Å². The first-order valence-electron chi connectivity index (χ1n) is 15.0. The zero-order valence-corrected chi connectivity index (χ0v) is 25.1. The quantitative estimate of drug-likeness (QED) is 0.326. The van der Waals surface area contributed by atoms with Gasteiger partial charge >= 0.3 is 0 Å². The van der Waals surface area contributed by atoms with Crippen LogP contribution in [0.1, 0.15) is 83.1 Å². The standard InChI is InChI=1S/C33H42ClFN4O/c1-22-36-29-7-5-6-8-30(29)39(22)26-20-24-10-11-25(21-26)38(24)18-15-33(23-9-12-27(34)28(35)19-23)13-16-37(17-14-33)31(40)32(2,3)4/h5-9,12,19,24-26H,10-11,13-18,20-21H2,1-4H3/t24-,25+,26+. The van der Waals surface area contributed by atoms with Gasteiger partial charge in [-0.1, -0.05) is 50.6 Å². The summed E-state index contributed by atoms with van der Waals surface area (Å²) < 4.78 is 17.2. The number of aryl methyl sites for hydroxylation is 1. The molecule has 3 fully saturated rings. The summed E-state index contributed by atoms with van der Waals surface area (Å²) in [5.41, 5.74) is 2.81. The van der Waals surface area contributed by atoms with Crippen molar-refractivity contribution in [3.8, 4) is 0 Å². The minimum atomic E-state index is -0.394. The number of likely N-dealkylation sites (tertiary alicyclic amines) is 1. The second kappa shape index (κ2) is 10.4. The van der Waals surface area contributed by atoms with Crippen LogP contribution in [0.15, 0.2) is 42.5 Å². The Kier molecular flexibility index (Phi) is 7.23. The van der Waals surface area contributed by atoms with Gasteiger partial charge in [-0.05, 0) is 93.7 Å². The number of carbonyl (C=O) groups is 1. The first-order valence-corrected chi connectivity index (χ1v) is 15.4. The van der Waals surface area contributed by atoms with E-state index in [-0.39, 0.29) is 22.2 Å². The summed E-state index contributed by atoms with van der Waals surface area (Å²) in [5, 5.41) is 0.168. The van der Waals surface area contributed by atoms with Gasteiger partial charge in [0, 0.05) is 36.6 Å². The number of halogens is 2. The molecule has 5 nitrogen and oxygen atoms in total. The number of amides is 1. The summed E-state index contributed by atoms with van der Waals surface area (Å²) in [7, 11) is 0. The highest BCUT2D eigenvalue weighted by Gasteiger charge is 2.44. The van der Waals surface area contributed by atoms with Crippen LogP contribution >= 0.6 is 11.6 Å². The maximum Gasteiger partial charge on any atom is 0.227 e. The van der Waals surface area contributed by atoms with Gasteiger partial charge in [0.1, 0.15) is 11.6 Å². The van der Waals surface area contributed by atoms with Crippen LogP contribution in [-0.2, 0) is 10.2 Å². The molecule has 0 saturated carbocycles. The minimum absolute atomic E-state index is 0.159. The van der Waals surface area contributed by atoms with Gasteiger partial charge in [0.15, 0.2) is 0 Å². The number of piperidine rings is 2. The molecule has 3 aromatic rings. The van der Waals surface area contributed by atoms with Crippen molar-refractivity contribution in [3.63, 3.8) is 0 Å². The van der Waals surface area contributed by atoms with E-state index in [1.807, 2.05) is 31.7 Å². The number of hydrogen-bond acceptors (Lipinski definition) is 3. The highest BCUT2D eigenvalue weighted by molar-refractivity contribution is 6.30. The maximum atomic E-state index is 14.7. The molecule has 3 aliphatic rings. The van der Waals surface area contributed by atoms with Crippen LogP contribution in [0.5, 0.6) is 0 Å². The van der Waals surface area contributed by atoms with E-state index in [9.17, 15) is 9.18 Å². The Morgan fingerprint density at radius 2 is 1.73 bits per heavy atom. The summed E-state index contributed by atoms with van der Waals surface area (Å²) in [4.78, 5) is 22.6. The number of hydrogen-bond donors (Lipinski definition) is 0. The van der Waals surface area contributed by atoms with Crippen LogP contribution in [0.25, 0.3) is 11.0 Å². The van der Waals surface area contributed by atoms with Crippen LogP contribution < -0.4 is 0 Å². The highest BCUT2D eigenvalue weighted by Crippen LogP contribution is 2.45. The fraction of sp³-hybridized carbons (Fsp3) is 0.576. The average Bonchev–Trinajstić information content (AvgIpc) is 3.38. The Balaban J connectivity index is 1.20. The predicted octanol–water partition coefficient (Wildman–Crippen LogP) is 7.30. The van der Waals surface area contributed by atoms with Crippen molar-refractivity contribution in [3.05, 3.63) is 64.7 Å². The Labute approximate surface area is 242 Å². The molecule has 0 N–H and O–H groups in total. The Morgan fingerprint density at radius 1 is 1.05 bits per heavy atom. The summed E-state index contributed by atoms with van der Waals surface area (Å²) in [6.45, 7) is 10.5. The zero-order chi connectivity index (χ0) is 28.2. The second-order valence-corrected chi connectivity index (χ2v) is 13.9. The molecule has 4 heterocycles. The number of carbonyl (C=O) groups excluding carboxylic acids is 1. The third-order valence-corrected chi connectivity index (χ3v) is 10.3. The molecule has 0 radical (unpaired) electrons. The lowest BCUT2D eigenvalue weighted by atomic mass is 9.70. The average molecular weight is 565 g/mol. The molecule has 3 saturated heterocycles. The lowest BCUT2D eigenvalue weighted by molar-refractivity contribution is -0.141. The number of aromatic nitrogens is 2. The topological polar surface area (TPSA) is 41.4 Å². The Morgan fingerprint density at radius 3 is 2.38 bits per heavy atom. The molecule has 0 aliphatic carbocycles. The lowest BCUT2D eigenvalue weighted by Gasteiger charge is -2.46. The number of nitrogens with zero attached hydrogens (tertiary/aromatic N) is 4. The molecule has 40 heavy (non-hydrogen) atoms. The highest BCUT2D eigenvalue weighted by atomic mass is 35.5. The SMILES string of the molecule is Cc1nc2ccccc2n1[C@H]1C[C@H]2CC[C@@H](C1)N2CCC1(c2ccc(Cl)c(F)c2)CCN(C(=O)C(C)(C)C)CC1. The zero-order valence-electron chi connectivity index (χ0n) is 24.3. The van der Waals surface area contributed by atoms with E-state index in [4.69, 9.17) is 16.6 Å². The van der Waals surface area contributed by atoms with E-state index in [1.165, 1.54) is 18.4 Å². The van der Waals surface area contributed by atoms with E-state index in [2.05, 4.69) is 40.7 Å². The summed E-state index contributed by atoms with van der Waals surface area (Å²) in [5.74, 6) is 0.959. The molecular formula is C33H42ClFN4O. The van der Waals surface area contributed by atoms with Crippen LogP contribution in [0.2, 0.25) is 5.02 Å². The first-order chi connectivity index (χ1) is 19.1. The molecule has 3 aliphatic heterocycles. The molecule has 2 bridgehead atoms. The van der Waals surface area contributed by atoms with Crippen LogP contribution in [0, 0.1) is 18.2 Å². The van der Waals surface area contributed by atoms with Crippen molar-refractivity contribution < 1.29 is 9.18 Å². The number of imidazole rings is 1. The van der Waals surface area contributed by atoms with Crippen molar-refractivity contribution in [1.29, 1.82) is 0 Å². The van der Waals surface area contributed by atoms with Crippen molar-refractivity contribution in [2.45, 2.75) is 96.2 Å². The van der Waals surface area contributed by atoms with Gasteiger partial charge in [0.25, 0.3) is 0 Å². The van der Waals surface area contributed by atoms with Gasteiger partial charge in [-0.25, -0.2) is 9.37 Å². The molecule has 1 amide bonds. The minimum Gasteiger partial charge on any atom is -0.342 e. The van der Waals surface area contributed by atoms with E-state index >= 15 is 0 Å². The van der Waals surface area contributed by atoms with Crippen LogP contribution in [-0.4, -0.2) is 57.0 Å². The monoisotopic (exact) mass is 564 g/mol. The molecule has 0 spiro atoms. The lowest BCUT2D eigenvalue weighted by Crippen LogP contribution is -2.50. The van der Waals surface area contributed by atoms with E-state index in [0.29, 0.717) is 31.2 Å². The van der Waals surface area contributed by atoms with Crippen LogP contribution in [0.4, 0.5) is 4.39 Å². The molecule has 6 rings (SSSR count). The fourth-order valence-corrected chi connectivity index (χ4v) is 8.03. The fourth-order valence-electron chi connectivity index (χ4n) is 7.91. The van der Waals surface area contributed by atoms with E-state index in [0.717, 1.165) is 55.6 Å². The van der Waals surface area contributed by atoms with Crippen molar-refractivity contribution in [2.75, 3.05) is 19.6 Å². The summed E-state index contributed by atoms with van der Waals surface area (Å²) in [6.07, 6.45) is 7.44. The van der Waals surface area contributed by atoms with Crippen molar-refractivity contribution in [1.82, 2.24) is 19.4 Å². The number of para-hydroxylation sites is 2. The van der Waals surface area contributed by atoms with Gasteiger partial charge in [-0.2, -0.15) is 0 Å². The largest absolute Gasteiger partial charge is 0.342 e. The van der Waals surface area contributed by atoms with Crippen molar-refractivity contribution in [2.24, 2.45) is 5.41 Å². The van der Waals surface area contributed by atoms with Crippen LogP contribution in [0.3, 0.4) is 0 Å². The predicted molar refractivity (Wildman–Crippen MR) is 159 cm³/mol. The molecule has 1 aromatic heterocycles. The van der Waals surface area contributed by atoms with Gasteiger partial charge in [-0.15, -0.1) is 0 Å². The third-order valence-electron chi connectivity index (χ3n) is 10.0. The molecule has 0 unspecified atom stereocenters. The smallest absolute Gasteiger partial charge is 0.227 e. The molecule has 214 valence electrons. The molecule has 2 aromatic carbocycles.